The Bertz CT molecular complexity index is 3430. The van der Waals surface area contributed by atoms with Gasteiger partial charge in [-0.25, -0.2) is 28.6 Å². The third kappa shape index (κ3) is 12.1. The molecule has 29 nitrogen and oxygen atoms in total. The first-order valence-electron chi connectivity index (χ1n) is 20.3. The average Bonchev–Trinajstić information content (AvgIpc) is 3.33. The molecule has 2 aromatic carbocycles. The third-order valence-electron chi connectivity index (χ3n) is 9.44. The Labute approximate surface area is 412 Å². The number of hydrogen-bond acceptors (Lipinski definition) is 22. The largest absolute Gasteiger partial charge is 0.502 e. The zero-order valence-corrected chi connectivity index (χ0v) is 38.2. The maximum atomic E-state index is 14.1. The van der Waals surface area contributed by atoms with Crippen LogP contribution in [0.3, 0.4) is 0 Å². The molecular weight excluding hydrogens is 990 g/mol. The number of rotatable bonds is 22. The Hall–Kier alpha value is -10.4. The second-order valence-electron chi connectivity index (χ2n) is 14.0. The molecule has 0 atom stereocenters. The van der Waals surface area contributed by atoms with Gasteiger partial charge in [0.25, 0.3) is 16.8 Å². The van der Waals surface area contributed by atoms with Crippen LogP contribution in [0.25, 0.3) is 16.4 Å². The lowest BCUT2D eigenvalue weighted by atomic mass is 10.1. The number of carboxylic acid groups (broad SMARTS) is 4. The Balaban J connectivity index is 1.53. The molecule has 0 saturated carbocycles. The Morgan fingerprint density at radius 3 is 1.92 bits per heavy atom. The summed E-state index contributed by atoms with van der Waals surface area (Å²) in [4.78, 5) is 113. The first-order valence-corrected chi connectivity index (χ1v) is 20.6. The molecule has 0 aliphatic heterocycles. The fourth-order valence-electron chi connectivity index (χ4n) is 6.24. The fourth-order valence-corrected chi connectivity index (χ4v) is 6.40. The van der Waals surface area contributed by atoms with Gasteiger partial charge in [0.05, 0.1) is 54.0 Å². The number of esters is 1. The van der Waals surface area contributed by atoms with Crippen LogP contribution in [0, 0.1) is 17.9 Å². The van der Waals surface area contributed by atoms with Gasteiger partial charge in [-0.15, -0.1) is 20.5 Å². The molecule has 3 aromatic heterocycles. The van der Waals surface area contributed by atoms with Crippen molar-refractivity contribution in [2.24, 2.45) is 20.5 Å². The number of carbonyl (C=O) groups is 5. The molecule has 8 N–H and O–H groups in total. The number of nitrogens with zero attached hydrogens (tertiary/aromatic N) is 11. The van der Waals surface area contributed by atoms with Gasteiger partial charge in [-0.2, -0.15) is 25.1 Å². The van der Waals surface area contributed by atoms with Gasteiger partial charge in [-0.05, 0) is 61.8 Å². The highest BCUT2D eigenvalue weighted by Gasteiger charge is 2.28. The van der Waals surface area contributed by atoms with E-state index in [1.54, 1.807) is 6.07 Å². The Morgan fingerprint density at radius 1 is 0.822 bits per heavy atom. The fraction of sp³-hybridized carbons (Fsp3) is 0.163. The lowest BCUT2D eigenvalue weighted by molar-refractivity contribution is -0.230. The summed E-state index contributed by atoms with van der Waals surface area (Å²) in [5.41, 5.74) is -9.51. The van der Waals surface area contributed by atoms with E-state index in [1.807, 2.05) is 0 Å². The van der Waals surface area contributed by atoms with Crippen LogP contribution in [-0.2, 0) is 32.3 Å². The normalized spacial score (nSPS) is 10.9. The maximum absolute atomic E-state index is 14.1. The van der Waals surface area contributed by atoms with Crippen molar-refractivity contribution in [1.29, 1.82) is 5.26 Å². The van der Waals surface area contributed by atoms with Gasteiger partial charge in [0.2, 0.25) is 28.9 Å². The summed E-state index contributed by atoms with van der Waals surface area (Å²) in [6, 6.07) is 7.21. The molecule has 0 spiro atoms. The number of hydrogen-bond donors (Lipinski definition) is 8. The zero-order valence-electron chi connectivity index (χ0n) is 37.5. The van der Waals surface area contributed by atoms with Crippen LogP contribution >= 0.6 is 11.6 Å². The minimum Gasteiger partial charge on any atom is -0.502 e. The van der Waals surface area contributed by atoms with E-state index in [-0.39, 0.29) is 25.7 Å². The van der Waals surface area contributed by atoms with Crippen molar-refractivity contribution < 1.29 is 69.1 Å². The highest BCUT2D eigenvalue weighted by atomic mass is 35.5. The van der Waals surface area contributed by atoms with E-state index in [2.05, 4.69) is 64.0 Å². The number of halogens is 1. The number of aromatic carboxylic acids is 4. The number of carbonyl (C=O) groups excluding carboxylic acids is 1. The molecule has 0 radical (unpaired) electrons. The van der Waals surface area contributed by atoms with E-state index >= 15 is 0 Å². The minimum absolute atomic E-state index is 0.0564. The molecular formula is C43H34ClN13O16. The van der Waals surface area contributed by atoms with Gasteiger partial charge in [0.15, 0.2) is 11.4 Å². The molecule has 0 unspecified atom stereocenters. The summed E-state index contributed by atoms with van der Waals surface area (Å²) < 4.78 is 5.96. The van der Waals surface area contributed by atoms with Crippen LogP contribution in [-0.4, -0.2) is 104 Å². The monoisotopic (exact) mass is 1020 g/mol. The smallest absolute Gasteiger partial charge is 0.337 e. The van der Waals surface area contributed by atoms with Gasteiger partial charge >= 0.3 is 29.8 Å². The maximum Gasteiger partial charge on any atom is 0.337 e. The highest BCUT2D eigenvalue weighted by molar-refractivity contribution is 6.28. The van der Waals surface area contributed by atoms with Crippen molar-refractivity contribution in [3.05, 3.63) is 126 Å². The predicted molar refractivity (Wildman–Crippen MR) is 249 cm³/mol. The number of pyridine rings is 2. The second kappa shape index (κ2) is 23.3. The van der Waals surface area contributed by atoms with Crippen molar-refractivity contribution >= 4 is 93.4 Å². The first-order chi connectivity index (χ1) is 34.7. The molecule has 374 valence electrons. The number of aromatic nitrogens is 5. The number of nitriles is 1. The molecule has 73 heavy (non-hydrogen) atoms. The lowest BCUT2D eigenvalue weighted by Crippen LogP contribution is -2.26. The highest BCUT2D eigenvalue weighted by Crippen LogP contribution is 2.38. The van der Waals surface area contributed by atoms with Gasteiger partial charge in [0.1, 0.15) is 34.5 Å². The van der Waals surface area contributed by atoms with Gasteiger partial charge < -0.3 is 50.9 Å². The van der Waals surface area contributed by atoms with Crippen molar-refractivity contribution in [3.8, 4) is 17.8 Å². The lowest BCUT2D eigenvalue weighted by Gasteiger charge is -2.17. The molecule has 30 heteroatoms. The number of carboxylic acids is 4. The van der Waals surface area contributed by atoms with E-state index in [4.69, 9.17) is 32.7 Å². The summed E-state index contributed by atoms with van der Waals surface area (Å²) in [7, 11) is 0. The SMILES string of the molecule is [C-]#[N+]c1c(CC(=O)OCC)c(N=Nc2cc(C(=O)O)ccc2C(=O)O)c(=O)n(C(=C)Nc2nc(Cl)nc(NCCn3c(O)c(C#N)c(C(=C)OOCC)c(N=Nc4cc(C(=O)O)ccc4C(=O)O)c3=O)n2)c1O. The summed E-state index contributed by atoms with van der Waals surface area (Å²) in [5.74, 6) is -11.1. The minimum atomic E-state index is -1.56. The zero-order chi connectivity index (χ0) is 53.8. The topological polar surface area (TPSA) is 419 Å². The molecule has 5 rings (SSSR count). The van der Waals surface area contributed by atoms with E-state index in [9.17, 15) is 69.5 Å². The van der Waals surface area contributed by atoms with Crippen LogP contribution in [0.1, 0.15) is 72.0 Å². The molecule has 3 heterocycles. The molecule has 0 saturated heterocycles. The quantitative estimate of drug-likeness (QED) is 0.00983. The van der Waals surface area contributed by atoms with Crippen molar-refractivity contribution in [1.82, 2.24) is 24.1 Å². The number of nitrogens with one attached hydrogen (secondary N) is 2. The van der Waals surface area contributed by atoms with Gasteiger partial charge in [-0.3, -0.25) is 19.0 Å². The third-order valence-corrected chi connectivity index (χ3v) is 9.61. The summed E-state index contributed by atoms with van der Waals surface area (Å²) in [5, 5.41) is 90.9. The molecule has 0 fully saturated rings. The number of azo groups is 2. The van der Waals surface area contributed by atoms with Crippen molar-refractivity contribution in [3.63, 3.8) is 0 Å². The number of aromatic hydroxyl groups is 2. The molecule has 0 amide bonds. The molecule has 0 bridgehead atoms. The van der Waals surface area contributed by atoms with Gasteiger partial charge in [0, 0.05) is 18.7 Å². The second-order valence-corrected chi connectivity index (χ2v) is 14.3. The van der Waals surface area contributed by atoms with Crippen LogP contribution in [0.4, 0.5) is 40.3 Å². The number of benzene rings is 2. The van der Waals surface area contributed by atoms with E-state index in [0.29, 0.717) is 9.13 Å². The average molecular weight is 1020 g/mol. The van der Waals surface area contributed by atoms with E-state index < -0.39 is 156 Å². The first kappa shape index (κ1) is 53.6. The van der Waals surface area contributed by atoms with Crippen molar-refractivity contribution in [2.45, 2.75) is 26.8 Å². The van der Waals surface area contributed by atoms with Crippen LogP contribution < -0.4 is 21.8 Å². The van der Waals surface area contributed by atoms with E-state index in [1.165, 1.54) is 13.8 Å². The van der Waals surface area contributed by atoms with Crippen LogP contribution in [0.5, 0.6) is 11.8 Å². The number of anilines is 2. The van der Waals surface area contributed by atoms with Crippen LogP contribution in [0.2, 0.25) is 5.28 Å². The summed E-state index contributed by atoms with van der Waals surface area (Å²) in [6.45, 7) is 17.0. The molecule has 5 aromatic rings. The molecule has 0 aliphatic carbocycles. The summed E-state index contributed by atoms with van der Waals surface area (Å²) in [6.07, 6.45) is -0.839. The van der Waals surface area contributed by atoms with Gasteiger partial charge in [-0.1, -0.05) is 13.2 Å². The van der Waals surface area contributed by atoms with E-state index in [0.717, 1.165) is 36.4 Å². The Morgan fingerprint density at radius 2 is 1.40 bits per heavy atom. The number of ether oxygens (including phenoxy) is 1. The standard InChI is InChI=1S/C43H34ClN13O16/c1-6-71-28(58)16-24-30(46-5)35(61)57(36(62)31(24)54-52-26-14-20(37(63)64)8-10-22(26)39(67)68)19(4)48-43-50-41(44)49-42(51-43)47-12-13-56-33(59)25(17-45)29(18(3)73-72-7-2)32(34(56)60)55-53-27-15-21(38(65)66)9-11-23(27)40(69)70/h8-11,14-15,59,61H,3-4,6-7,12-13,16H2,1-2H3,(H,63,64)(H,65,66)(H,67,68)(H,69,70)(H2,47,48,49,50,51). The molecule has 0 aliphatic rings. The Kier molecular flexibility index (Phi) is 17.1. The van der Waals surface area contributed by atoms with Crippen molar-refractivity contribution in [2.75, 3.05) is 30.4 Å². The summed E-state index contributed by atoms with van der Waals surface area (Å²) >= 11 is 6.17. The van der Waals surface area contributed by atoms with Crippen LogP contribution in [0.15, 0.2) is 79.6 Å². The predicted octanol–water partition coefficient (Wildman–Crippen LogP) is 6.00.